The number of hydrogen-bond donors (Lipinski definition) is 0. The van der Waals surface area contributed by atoms with Crippen LogP contribution < -0.4 is 0 Å². The quantitative estimate of drug-likeness (QED) is 0.767. The summed E-state index contributed by atoms with van der Waals surface area (Å²) in [6.07, 6.45) is 3.60. The topological polar surface area (TPSA) is 34.0 Å². The fourth-order valence-corrected chi connectivity index (χ4v) is 2.92. The van der Waals surface area contributed by atoms with Crippen molar-refractivity contribution in [2.45, 2.75) is 52.2 Å². The number of fused-ring (bicyclic) bond motifs is 1. The van der Waals surface area contributed by atoms with Gasteiger partial charge in [-0.1, -0.05) is 0 Å². The highest BCUT2D eigenvalue weighted by atomic mass is 35.5. The van der Waals surface area contributed by atoms with Gasteiger partial charge in [0.2, 0.25) is 0 Å². The largest absolute Gasteiger partial charge is 0.326 e. The minimum Gasteiger partial charge on any atom is -0.326 e. The molecule has 5 heteroatoms. The zero-order valence-electron chi connectivity index (χ0n) is 12.7. The molecule has 110 valence electrons. The summed E-state index contributed by atoms with van der Waals surface area (Å²) in [4.78, 5) is 11.2. The Balaban J connectivity index is 2.24. The zero-order chi connectivity index (χ0) is 14.7. The van der Waals surface area contributed by atoms with Crippen molar-refractivity contribution in [3.8, 4) is 0 Å². The molecule has 0 saturated heterocycles. The van der Waals surface area contributed by atoms with E-state index in [0.717, 1.165) is 29.9 Å². The van der Waals surface area contributed by atoms with E-state index in [0.29, 0.717) is 18.0 Å². The van der Waals surface area contributed by atoms with E-state index in [1.165, 1.54) is 0 Å². The molecular formula is C15H23ClN4. The van der Waals surface area contributed by atoms with Gasteiger partial charge in [-0.3, -0.25) is 9.88 Å². The molecule has 2 aromatic rings. The summed E-state index contributed by atoms with van der Waals surface area (Å²) in [7, 11) is 0. The van der Waals surface area contributed by atoms with E-state index in [9.17, 15) is 0 Å². The molecule has 0 fully saturated rings. The molecule has 0 unspecified atom stereocenters. The van der Waals surface area contributed by atoms with E-state index < -0.39 is 0 Å². The standard InChI is InChI=1S/C15H23ClN4/c1-11(2)19(12(3)4)7-8-20-14-5-6-17-10-13(14)18-15(20)9-16/h5-6,10-12H,7-9H2,1-4H3. The maximum atomic E-state index is 6.03. The first-order chi connectivity index (χ1) is 9.54. The average molecular weight is 295 g/mol. The molecule has 0 aromatic carbocycles. The summed E-state index contributed by atoms with van der Waals surface area (Å²) in [5, 5.41) is 0. The van der Waals surface area contributed by atoms with Crippen LogP contribution in [0.5, 0.6) is 0 Å². The summed E-state index contributed by atoms with van der Waals surface area (Å²) in [6, 6.07) is 3.07. The molecule has 4 nitrogen and oxygen atoms in total. The van der Waals surface area contributed by atoms with Crippen molar-refractivity contribution in [1.29, 1.82) is 0 Å². The summed E-state index contributed by atoms with van der Waals surface area (Å²) in [5.74, 6) is 1.35. The van der Waals surface area contributed by atoms with Crippen molar-refractivity contribution < 1.29 is 0 Å². The number of aromatic nitrogens is 3. The van der Waals surface area contributed by atoms with Crippen molar-refractivity contribution in [2.75, 3.05) is 6.54 Å². The fraction of sp³-hybridized carbons (Fsp3) is 0.600. The van der Waals surface area contributed by atoms with Crippen LogP contribution in [0, 0.1) is 0 Å². The van der Waals surface area contributed by atoms with Gasteiger partial charge in [0.05, 0.1) is 17.6 Å². The Kier molecular flexibility index (Phi) is 5.00. The summed E-state index contributed by atoms with van der Waals surface area (Å²) >= 11 is 6.03. The van der Waals surface area contributed by atoms with Gasteiger partial charge in [-0.25, -0.2) is 4.98 Å². The Morgan fingerprint density at radius 2 is 1.95 bits per heavy atom. The first kappa shape index (κ1) is 15.3. The second-order valence-electron chi connectivity index (χ2n) is 5.60. The Morgan fingerprint density at radius 1 is 1.25 bits per heavy atom. The third-order valence-electron chi connectivity index (χ3n) is 3.66. The van der Waals surface area contributed by atoms with Gasteiger partial charge in [0.25, 0.3) is 0 Å². The van der Waals surface area contributed by atoms with Crippen molar-refractivity contribution in [3.05, 3.63) is 24.3 Å². The van der Waals surface area contributed by atoms with Crippen LogP contribution in [0.25, 0.3) is 11.0 Å². The molecular weight excluding hydrogens is 272 g/mol. The Labute approximate surface area is 125 Å². The Morgan fingerprint density at radius 3 is 2.55 bits per heavy atom. The Bertz CT molecular complexity index is 554. The molecule has 2 aromatic heterocycles. The first-order valence-corrected chi connectivity index (χ1v) is 7.69. The van der Waals surface area contributed by atoms with Crippen LogP contribution in [0.2, 0.25) is 0 Å². The van der Waals surface area contributed by atoms with Gasteiger partial charge in [-0.05, 0) is 33.8 Å². The molecule has 0 atom stereocenters. The summed E-state index contributed by atoms with van der Waals surface area (Å²) in [5.41, 5.74) is 2.03. The number of imidazole rings is 1. The molecule has 2 rings (SSSR count). The summed E-state index contributed by atoms with van der Waals surface area (Å²) < 4.78 is 2.21. The molecule has 2 heterocycles. The predicted octanol–water partition coefficient (Wildman–Crippen LogP) is 3.29. The molecule has 0 N–H and O–H groups in total. The number of hydrogen-bond acceptors (Lipinski definition) is 3. The van der Waals surface area contributed by atoms with Crippen LogP contribution >= 0.6 is 11.6 Å². The third kappa shape index (κ3) is 3.13. The minimum absolute atomic E-state index is 0.429. The van der Waals surface area contributed by atoms with Gasteiger partial charge in [-0.15, -0.1) is 11.6 Å². The SMILES string of the molecule is CC(C)N(CCn1c(CCl)nc2cnccc21)C(C)C. The summed E-state index contributed by atoms with van der Waals surface area (Å²) in [6.45, 7) is 10.8. The lowest BCUT2D eigenvalue weighted by molar-refractivity contribution is 0.168. The number of pyridine rings is 1. The minimum atomic E-state index is 0.429. The molecule has 0 bridgehead atoms. The number of alkyl halides is 1. The van der Waals surface area contributed by atoms with E-state index >= 15 is 0 Å². The lowest BCUT2D eigenvalue weighted by atomic mass is 10.2. The highest BCUT2D eigenvalue weighted by Crippen LogP contribution is 2.17. The maximum absolute atomic E-state index is 6.03. The normalized spacial score (nSPS) is 12.2. The van der Waals surface area contributed by atoms with E-state index in [4.69, 9.17) is 11.6 Å². The average Bonchev–Trinajstić information content (AvgIpc) is 2.76. The molecule has 0 amide bonds. The van der Waals surface area contributed by atoms with Crippen molar-refractivity contribution in [3.63, 3.8) is 0 Å². The third-order valence-corrected chi connectivity index (χ3v) is 3.90. The Hall–Kier alpha value is -1.13. The van der Waals surface area contributed by atoms with Crippen molar-refractivity contribution >= 4 is 22.6 Å². The van der Waals surface area contributed by atoms with Gasteiger partial charge in [-0.2, -0.15) is 0 Å². The van der Waals surface area contributed by atoms with E-state index in [2.05, 4.69) is 47.1 Å². The fourth-order valence-electron chi connectivity index (χ4n) is 2.71. The van der Waals surface area contributed by atoms with Gasteiger partial charge in [0, 0.05) is 31.4 Å². The number of nitrogens with zero attached hydrogens (tertiary/aromatic N) is 4. The molecule has 0 aliphatic rings. The van der Waals surface area contributed by atoms with Crippen LogP contribution in [0.4, 0.5) is 0 Å². The smallest absolute Gasteiger partial charge is 0.124 e. The lowest BCUT2D eigenvalue weighted by Crippen LogP contribution is -2.39. The zero-order valence-corrected chi connectivity index (χ0v) is 13.4. The van der Waals surface area contributed by atoms with E-state index in [1.54, 1.807) is 12.4 Å². The van der Waals surface area contributed by atoms with Crippen LogP contribution in [0.1, 0.15) is 33.5 Å². The monoisotopic (exact) mass is 294 g/mol. The lowest BCUT2D eigenvalue weighted by Gasteiger charge is -2.30. The van der Waals surface area contributed by atoms with Crippen LogP contribution in [-0.2, 0) is 12.4 Å². The van der Waals surface area contributed by atoms with E-state index in [-0.39, 0.29) is 0 Å². The molecule has 0 saturated carbocycles. The first-order valence-electron chi connectivity index (χ1n) is 7.15. The van der Waals surface area contributed by atoms with Gasteiger partial charge < -0.3 is 4.57 Å². The van der Waals surface area contributed by atoms with Crippen molar-refractivity contribution in [2.24, 2.45) is 0 Å². The van der Waals surface area contributed by atoms with Crippen LogP contribution in [-0.4, -0.2) is 38.1 Å². The molecule has 0 aliphatic carbocycles. The second-order valence-corrected chi connectivity index (χ2v) is 5.87. The second kappa shape index (κ2) is 6.55. The van der Waals surface area contributed by atoms with Gasteiger partial charge >= 0.3 is 0 Å². The maximum Gasteiger partial charge on any atom is 0.124 e. The molecule has 20 heavy (non-hydrogen) atoms. The van der Waals surface area contributed by atoms with Crippen LogP contribution in [0.3, 0.4) is 0 Å². The molecule has 0 radical (unpaired) electrons. The number of halogens is 1. The highest BCUT2D eigenvalue weighted by molar-refractivity contribution is 6.16. The molecule has 0 spiro atoms. The molecule has 0 aliphatic heterocycles. The van der Waals surface area contributed by atoms with Gasteiger partial charge in [0.1, 0.15) is 11.3 Å². The highest BCUT2D eigenvalue weighted by Gasteiger charge is 2.15. The van der Waals surface area contributed by atoms with Gasteiger partial charge in [0.15, 0.2) is 0 Å². The predicted molar refractivity (Wildman–Crippen MR) is 84.1 cm³/mol. The van der Waals surface area contributed by atoms with Crippen molar-refractivity contribution in [1.82, 2.24) is 19.4 Å². The van der Waals surface area contributed by atoms with Crippen LogP contribution in [0.15, 0.2) is 18.5 Å². The van der Waals surface area contributed by atoms with E-state index in [1.807, 2.05) is 6.07 Å². The number of rotatable bonds is 6.